The molecule has 2 aliphatic rings. The van der Waals surface area contributed by atoms with E-state index in [0.717, 1.165) is 56.4 Å². The van der Waals surface area contributed by atoms with Crippen LogP contribution in [-0.2, 0) is 0 Å². The standard InChI is InChI=1S/C36H26N4O/c1-3-12-24(13-4-1)33-38-34(25-14-5-2-6-15-25)40-35(39-33)29-22-30(27-20-19-23-11-7-8-16-26(23)21-27)37-36-32(29)28-17-9-10-18-31(28)41-36/h1-22,30,33,37H,(H,38,39,40). The molecule has 0 saturated heterocycles. The highest BCUT2D eigenvalue weighted by Crippen LogP contribution is 2.43. The van der Waals surface area contributed by atoms with Crippen LogP contribution in [0.15, 0.2) is 148 Å². The van der Waals surface area contributed by atoms with Gasteiger partial charge < -0.3 is 15.1 Å². The number of hydrogen-bond acceptors (Lipinski definition) is 5. The number of nitrogens with zero attached hydrogens (tertiary/aromatic N) is 2. The molecular formula is C36H26N4O. The Balaban J connectivity index is 1.31. The van der Waals surface area contributed by atoms with Gasteiger partial charge in [-0.05, 0) is 40.1 Å². The van der Waals surface area contributed by atoms with Gasteiger partial charge in [-0.3, -0.25) is 0 Å². The van der Waals surface area contributed by atoms with Crippen LogP contribution in [0.5, 0.6) is 0 Å². The molecule has 0 spiro atoms. The Hall–Kier alpha value is -5.42. The lowest BCUT2D eigenvalue weighted by Gasteiger charge is -2.28. The van der Waals surface area contributed by atoms with E-state index in [1.807, 2.05) is 54.6 Å². The van der Waals surface area contributed by atoms with E-state index in [1.54, 1.807) is 0 Å². The molecular weight excluding hydrogens is 504 g/mol. The van der Waals surface area contributed by atoms with Crippen molar-refractivity contribution in [1.29, 1.82) is 0 Å². The van der Waals surface area contributed by atoms with Crippen molar-refractivity contribution in [3.8, 4) is 0 Å². The summed E-state index contributed by atoms with van der Waals surface area (Å²) in [5.74, 6) is 2.31. The number of fused-ring (bicyclic) bond motifs is 4. The van der Waals surface area contributed by atoms with Crippen LogP contribution in [0.1, 0.15) is 34.5 Å². The van der Waals surface area contributed by atoms with Gasteiger partial charge in [-0.15, -0.1) is 0 Å². The second kappa shape index (κ2) is 9.65. The van der Waals surface area contributed by atoms with Crippen molar-refractivity contribution in [3.05, 3.63) is 156 Å². The molecule has 0 amide bonds. The molecule has 5 heteroatoms. The summed E-state index contributed by atoms with van der Waals surface area (Å²) in [5, 5.41) is 10.7. The SMILES string of the molecule is C1=C(C2=NC(c3ccccc3)N=C(c3ccccc3)N2)c2c(oc3ccccc23)NC1c1ccc2ccccc2c1. The van der Waals surface area contributed by atoms with E-state index in [4.69, 9.17) is 14.4 Å². The summed E-state index contributed by atoms with van der Waals surface area (Å²) < 4.78 is 6.41. The van der Waals surface area contributed by atoms with E-state index in [9.17, 15) is 0 Å². The van der Waals surface area contributed by atoms with Crippen LogP contribution in [0.2, 0.25) is 0 Å². The van der Waals surface area contributed by atoms with Crippen molar-refractivity contribution in [2.75, 3.05) is 5.32 Å². The lowest BCUT2D eigenvalue weighted by molar-refractivity contribution is 0.618. The van der Waals surface area contributed by atoms with Gasteiger partial charge in [-0.1, -0.05) is 115 Å². The molecule has 8 rings (SSSR count). The zero-order valence-electron chi connectivity index (χ0n) is 22.2. The second-order valence-electron chi connectivity index (χ2n) is 10.3. The monoisotopic (exact) mass is 530 g/mol. The van der Waals surface area contributed by atoms with Gasteiger partial charge in [0.25, 0.3) is 0 Å². The lowest BCUT2D eigenvalue weighted by atomic mass is 9.92. The Bertz CT molecular complexity index is 2000. The van der Waals surface area contributed by atoms with Crippen molar-refractivity contribution < 1.29 is 4.42 Å². The highest BCUT2D eigenvalue weighted by molar-refractivity contribution is 6.32. The predicted octanol–water partition coefficient (Wildman–Crippen LogP) is 8.28. The minimum Gasteiger partial charge on any atom is -0.440 e. The first-order valence-electron chi connectivity index (χ1n) is 13.8. The van der Waals surface area contributed by atoms with Gasteiger partial charge in [-0.25, -0.2) is 9.98 Å². The molecule has 0 bridgehead atoms. The molecule has 2 unspecified atom stereocenters. The number of rotatable bonds is 4. The molecule has 5 nitrogen and oxygen atoms in total. The molecule has 0 radical (unpaired) electrons. The number of aliphatic imine (C=N–C) groups is 2. The molecule has 3 heterocycles. The lowest BCUT2D eigenvalue weighted by Crippen LogP contribution is -2.37. The average Bonchev–Trinajstić information content (AvgIpc) is 3.43. The normalized spacial score (nSPS) is 18.1. The van der Waals surface area contributed by atoms with E-state index >= 15 is 0 Å². The van der Waals surface area contributed by atoms with Gasteiger partial charge >= 0.3 is 0 Å². The molecule has 5 aromatic carbocycles. The summed E-state index contributed by atoms with van der Waals surface area (Å²) in [4.78, 5) is 10.2. The van der Waals surface area contributed by atoms with E-state index in [1.165, 1.54) is 10.8 Å². The molecule has 41 heavy (non-hydrogen) atoms. The topological polar surface area (TPSA) is 61.9 Å². The second-order valence-corrected chi connectivity index (χ2v) is 10.3. The van der Waals surface area contributed by atoms with Crippen molar-refractivity contribution in [2.45, 2.75) is 12.2 Å². The molecule has 1 aromatic heterocycles. The number of amidine groups is 2. The molecule has 2 atom stereocenters. The van der Waals surface area contributed by atoms with Crippen molar-refractivity contribution in [3.63, 3.8) is 0 Å². The van der Waals surface area contributed by atoms with Gasteiger partial charge in [0.15, 0.2) is 6.17 Å². The smallest absolute Gasteiger partial charge is 0.202 e. The highest BCUT2D eigenvalue weighted by atomic mass is 16.4. The molecule has 0 aliphatic carbocycles. The summed E-state index contributed by atoms with van der Waals surface area (Å²) in [6.07, 6.45) is 1.88. The third-order valence-electron chi connectivity index (χ3n) is 7.76. The summed E-state index contributed by atoms with van der Waals surface area (Å²) >= 11 is 0. The van der Waals surface area contributed by atoms with Gasteiger partial charge in [-0.2, -0.15) is 0 Å². The van der Waals surface area contributed by atoms with E-state index in [-0.39, 0.29) is 12.2 Å². The van der Waals surface area contributed by atoms with Crippen LogP contribution in [0.3, 0.4) is 0 Å². The first-order chi connectivity index (χ1) is 20.3. The molecule has 0 saturated carbocycles. The van der Waals surface area contributed by atoms with Crippen LogP contribution in [0.25, 0.3) is 27.3 Å². The molecule has 196 valence electrons. The van der Waals surface area contributed by atoms with Crippen LogP contribution in [-0.4, -0.2) is 11.7 Å². The maximum absolute atomic E-state index is 6.41. The molecule has 2 aliphatic heterocycles. The Morgan fingerprint density at radius 1 is 0.610 bits per heavy atom. The zero-order valence-corrected chi connectivity index (χ0v) is 22.2. The van der Waals surface area contributed by atoms with Crippen molar-refractivity contribution >= 4 is 44.9 Å². The van der Waals surface area contributed by atoms with Gasteiger partial charge in [0.1, 0.15) is 17.3 Å². The number of furan rings is 1. The van der Waals surface area contributed by atoms with E-state index in [2.05, 4.69) is 89.5 Å². The number of hydrogen-bond donors (Lipinski definition) is 2. The summed E-state index contributed by atoms with van der Waals surface area (Å²) in [6.45, 7) is 0. The quantitative estimate of drug-likeness (QED) is 0.241. The van der Waals surface area contributed by atoms with Crippen molar-refractivity contribution in [1.82, 2.24) is 5.32 Å². The predicted molar refractivity (Wildman–Crippen MR) is 167 cm³/mol. The fraction of sp³-hybridized carbons (Fsp3) is 0.0556. The van der Waals surface area contributed by atoms with Gasteiger partial charge in [0.2, 0.25) is 5.88 Å². The van der Waals surface area contributed by atoms with Crippen LogP contribution in [0.4, 0.5) is 5.88 Å². The Morgan fingerprint density at radius 3 is 2.17 bits per heavy atom. The minimum atomic E-state index is -0.376. The van der Waals surface area contributed by atoms with Crippen LogP contribution in [0, 0.1) is 0 Å². The molecule has 0 fully saturated rings. The maximum atomic E-state index is 6.41. The maximum Gasteiger partial charge on any atom is 0.202 e. The Labute approximate surface area is 237 Å². The minimum absolute atomic E-state index is 0.110. The first kappa shape index (κ1) is 23.5. The molecule has 6 aromatic rings. The van der Waals surface area contributed by atoms with Gasteiger partial charge in [0.05, 0.1) is 11.6 Å². The first-order valence-corrected chi connectivity index (χ1v) is 13.8. The zero-order chi connectivity index (χ0) is 27.2. The number of anilines is 1. The largest absolute Gasteiger partial charge is 0.440 e. The third kappa shape index (κ3) is 4.19. The Morgan fingerprint density at radius 2 is 1.32 bits per heavy atom. The number of nitrogens with one attached hydrogen (secondary N) is 2. The summed E-state index contributed by atoms with van der Waals surface area (Å²) in [6, 6.07) is 43.6. The third-order valence-corrected chi connectivity index (χ3v) is 7.76. The fourth-order valence-electron chi connectivity index (χ4n) is 5.73. The van der Waals surface area contributed by atoms with E-state index in [0.29, 0.717) is 0 Å². The van der Waals surface area contributed by atoms with E-state index < -0.39 is 0 Å². The number of benzene rings is 5. The molecule has 2 N–H and O–H groups in total. The Kier molecular flexibility index (Phi) is 5.52. The number of para-hydroxylation sites is 1. The summed E-state index contributed by atoms with van der Waals surface area (Å²) in [5.41, 5.74) is 6.04. The summed E-state index contributed by atoms with van der Waals surface area (Å²) in [7, 11) is 0. The van der Waals surface area contributed by atoms with Crippen LogP contribution >= 0.6 is 0 Å². The average molecular weight is 531 g/mol. The highest BCUT2D eigenvalue weighted by Gasteiger charge is 2.31. The fourth-order valence-corrected chi connectivity index (χ4v) is 5.73. The van der Waals surface area contributed by atoms with Crippen molar-refractivity contribution in [2.24, 2.45) is 9.98 Å². The van der Waals surface area contributed by atoms with Gasteiger partial charge in [0, 0.05) is 16.5 Å². The van der Waals surface area contributed by atoms with Crippen LogP contribution < -0.4 is 10.6 Å².